The maximum Gasteiger partial charge on any atom is 0.132 e. The molecule has 2 rings (SSSR count). The SMILES string of the molecule is CC(O)C1CCN(Cc2nnsc2N)CC1. The number of nitrogens with two attached hydrogens (primary N) is 1. The Kier molecular flexibility index (Phi) is 3.73. The third-order valence-corrected chi connectivity index (χ3v) is 3.87. The predicted molar refractivity (Wildman–Crippen MR) is 64.0 cm³/mol. The largest absolute Gasteiger partial charge is 0.393 e. The summed E-state index contributed by atoms with van der Waals surface area (Å²) in [5.74, 6) is 0.446. The Labute approximate surface area is 99.4 Å². The quantitative estimate of drug-likeness (QED) is 0.816. The van der Waals surface area contributed by atoms with Crippen LogP contribution in [0.3, 0.4) is 0 Å². The van der Waals surface area contributed by atoms with Crippen molar-refractivity contribution in [2.45, 2.75) is 32.4 Å². The van der Waals surface area contributed by atoms with Gasteiger partial charge in [0.05, 0.1) is 6.10 Å². The lowest BCUT2D eigenvalue weighted by Gasteiger charge is -2.32. The molecule has 0 saturated carbocycles. The van der Waals surface area contributed by atoms with Gasteiger partial charge in [-0.05, 0) is 38.8 Å². The van der Waals surface area contributed by atoms with E-state index >= 15 is 0 Å². The molecule has 1 aliphatic rings. The highest BCUT2D eigenvalue weighted by atomic mass is 32.1. The van der Waals surface area contributed by atoms with Crippen molar-refractivity contribution in [3.05, 3.63) is 5.69 Å². The lowest BCUT2D eigenvalue weighted by molar-refractivity contribution is 0.0692. The molecule has 90 valence electrons. The van der Waals surface area contributed by atoms with E-state index in [9.17, 15) is 5.11 Å². The van der Waals surface area contributed by atoms with Crippen LogP contribution in [0.5, 0.6) is 0 Å². The molecule has 2 heterocycles. The van der Waals surface area contributed by atoms with Crippen molar-refractivity contribution in [3.63, 3.8) is 0 Å². The summed E-state index contributed by atoms with van der Waals surface area (Å²) < 4.78 is 3.83. The van der Waals surface area contributed by atoms with Crippen LogP contribution in [0.2, 0.25) is 0 Å². The molecule has 0 amide bonds. The van der Waals surface area contributed by atoms with E-state index in [0.717, 1.165) is 43.2 Å². The molecule has 1 saturated heterocycles. The average Bonchev–Trinajstić information content (AvgIpc) is 2.65. The van der Waals surface area contributed by atoms with E-state index < -0.39 is 0 Å². The summed E-state index contributed by atoms with van der Waals surface area (Å²) in [4.78, 5) is 2.33. The van der Waals surface area contributed by atoms with Gasteiger partial charge in [0.2, 0.25) is 0 Å². The van der Waals surface area contributed by atoms with E-state index in [1.807, 2.05) is 6.92 Å². The summed E-state index contributed by atoms with van der Waals surface area (Å²) in [6, 6.07) is 0. The zero-order valence-corrected chi connectivity index (χ0v) is 10.3. The minimum Gasteiger partial charge on any atom is -0.393 e. The van der Waals surface area contributed by atoms with Crippen molar-refractivity contribution >= 4 is 16.5 Å². The van der Waals surface area contributed by atoms with Crippen LogP contribution >= 0.6 is 11.5 Å². The first kappa shape index (κ1) is 11.8. The minimum absolute atomic E-state index is 0.187. The Hall–Kier alpha value is -0.720. The number of likely N-dealkylation sites (tertiary alicyclic amines) is 1. The standard InChI is InChI=1S/C10H18N4OS/c1-7(15)8-2-4-14(5-3-8)6-9-10(11)16-13-12-9/h7-8,15H,2-6,11H2,1H3. The van der Waals surface area contributed by atoms with Crippen LogP contribution in [0.25, 0.3) is 0 Å². The summed E-state index contributed by atoms with van der Waals surface area (Å²) >= 11 is 1.25. The first-order valence-electron chi connectivity index (χ1n) is 5.64. The third-order valence-electron chi connectivity index (χ3n) is 3.27. The lowest BCUT2D eigenvalue weighted by Crippen LogP contribution is -2.36. The fourth-order valence-electron chi connectivity index (χ4n) is 2.13. The average molecular weight is 242 g/mol. The molecule has 1 aliphatic heterocycles. The number of rotatable bonds is 3. The molecule has 1 atom stereocenters. The highest BCUT2D eigenvalue weighted by molar-refractivity contribution is 7.09. The van der Waals surface area contributed by atoms with E-state index in [1.54, 1.807) is 0 Å². The summed E-state index contributed by atoms with van der Waals surface area (Å²) in [5.41, 5.74) is 6.65. The van der Waals surface area contributed by atoms with Crippen molar-refractivity contribution in [1.82, 2.24) is 14.5 Å². The van der Waals surface area contributed by atoms with Gasteiger partial charge in [0.1, 0.15) is 10.7 Å². The highest BCUT2D eigenvalue weighted by Gasteiger charge is 2.23. The van der Waals surface area contributed by atoms with Gasteiger partial charge in [-0.3, -0.25) is 4.90 Å². The first-order valence-corrected chi connectivity index (χ1v) is 6.41. The molecule has 0 aromatic carbocycles. The predicted octanol–water partition coefficient (Wildman–Crippen LogP) is 0.713. The molecule has 1 fully saturated rings. The van der Waals surface area contributed by atoms with Crippen LogP contribution in [0.1, 0.15) is 25.5 Å². The molecule has 0 radical (unpaired) electrons. The molecule has 5 nitrogen and oxygen atoms in total. The van der Waals surface area contributed by atoms with Gasteiger partial charge in [0.25, 0.3) is 0 Å². The Morgan fingerprint density at radius 2 is 2.25 bits per heavy atom. The molecule has 1 unspecified atom stereocenters. The third kappa shape index (κ3) is 2.69. The molecule has 0 bridgehead atoms. The van der Waals surface area contributed by atoms with Gasteiger partial charge in [-0.2, -0.15) is 0 Å². The van der Waals surface area contributed by atoms with Crippen molar-refractivity contribution < 1.29 is 5.11 Å². The van der Waals surface area contributed by atoms with Gasteiger partial charge in [-0.15, -0.1) is 5.10 Å². The van der Waals surface area contributed by atoms with Crippen LogP contribution in [-0.2, 0) is 6.54 Å². The zero-order valence-electron chi connectivity index (χ0n) is 9.46. The highest BCUT2D eigenvalue weighted by Crippen LogP contribution is 2.23. The molecule has 3 N–H and O–H groups in total. The number of nitrogen functional groups attached to an aromatic ring is 1. The number of aromatic nitrogens is 2. The number of anilines is 1. The summed E-state index contributed by atoms with van der Waals surface area (Å²) in [6.45, 7) is 4.68. The molecule has 0 aliphatic carbocycles. The van der Waals surface area contributed by atoms with E-state index in [1.165, 1.54) is 11.5 Å². The van der Waals surface area contributed by atoms with E-state index in [2.05, 4.69) is 14.5 Å². The Morgan fingerprint density at radius 3 is 2.75 bits per heavy atom. The van der Waals surface area contributed by atoms with Crippen molar-refractivity contribution in [2.75, 3.05) is 18.8 Å². The van der Waals surface area contributed by atoms with Crippen LogP contribution in [0, 0.1) is 5.92 Å². The zero-order chi connectivity index (χ0) is 11.5. The topological polar surface area (TPSA) is 75.3 Å². The fourth-order valence-corrected chi connectivity index (χ4v) is 2.57. The van der Waals surface area contributed by atoms with Crippen molar-refractivity contribution in [2.24, 2.45) is 5.92 Å². The van der Waals surface area contributed by atoms with Crippen molar-refractivity contribution in [1.29, 1.82) is 0 Å². The van der Waals surface area contributed by atoms with Gasteiger partial charge >= 0.3 is 0 Å². The number of piperidine rings is 1. The van der Waals surface area contributed by atoms with Crippen LogP contribution in [0.4, 0.5) is 5.00 Å². The summed E-state index contributed by atoms with van der Waals surface area (Å²) in [7, 11) is 0. The van der Waals surface area contributed by atoms with Crippen LogP contribution in [0.15, 0.2) is 0 Å². The maximum absolute atomic E-state index is 9.50. The number of hydrogen-bond donors (Lipinski definition) is 2. The second kappa shape index (κ2) is 5.07. The van der Waals surface area contributed by atoms with E-state index in [4.69, 9.17) is 5.73 Å². The Morgan fingerprint density at radius 1 is 1.56 bits per heavy atom. The smallest absolute Gasteiger partial charge is 0.132 e. The number of aliphatic hydroxyl groups excluding tert-OH is 1. The lowest BCUT2D eigenvalue weighted by atomic mass is 9.92. The van der Waals surface area contributed by atoms with Crippen LogP contribution in [-0.4, -0.2) is 38.8 Å². The molecule has 0 spiro atoms. The fraction of sp³-hybridized carbons (Fsp3) is 0.800. The first-order chi connectivity index (χ1) is 7.66. The summed E-state index contributed by atoms with van der Waals surface area (Å²) in [6.07, 6.45) is 1.91. The van der Waals surface area contributed by atoms with Crippen molar-refractivity contribution in [3.8, 4) is 0 Å². The second-order valence-electron chi connectivity index (χ2n) is 4.44. The molecule has 1 aromatic heterocycles. The normalized spacial score (nSPS) is 21.1. The molecule has 1 aromatic rings. The van der Waals surface area contributed by atoms with Gasteiger partial charge in [0.15, 0.2) is 0 Å². The van der Waals surface area contributed by atoms with Crippen LogP contribution < -0.4 is 5.73 Å². The second-order valence-corrected chi connectivity index (χ2v) is 5.22. The number of hydrogen-bond acceptors (Lipinski definition) is 6. The Bertz CT molecular complexity index is 333. The molecular formula is C10H18N4OS. The van der Waals surface area contributed by atoms with Gasteiger partial charge in [0, 0.05) is 18.1 Å². The minimum atomic E-state index is -0.187. The molecule has 16 heavy (non-hydrogen) atoms. The summed E-state index contributed by atoms with van der Waals surface area (Å²) in [5, 5.41) is 14.2. The molecule has 6 heteroatoms. The Balaban J connectivity index is 1.84. The van der Waals surface area contributed by atoms with Gasteiger partial charge in [-0.25, -0.2) is 0 Å². The number of aliphatic hydroxyl groups is 1. The van der Waals surface area contributed by atoms with Gasteiger partial charge < -0.3 is 10.8 Å². The van der Waals surface area contributed by atoms with Gasteiger partial charge in [-0.1, -0.05) is 4.49 Å². The molecular weight excluding hydrogens is 224 g/mol. The van der Waals surface area contributed by atoms with E-state index in [-0.39, 0.29) is 6.10 Å². The maximum atomic E-state index is 9.50. The number of nitrogens with zero attached hydrogens (tertiary/aromatic N) is 3. The monoisotopic (exact) mass is 242 g/mol. The van der Waals surface area contributed by atoms with E-state index in [0.29, 0.717) is 5.92 Å².